The Balaban J connectivity index is 1.72. The summed E-state index contributed by atoms with van der Waals surface area (Å²) in [7, 11) is 0. The number of nitrogens with one attached hydrogen (secondary N) is 1. The average molecular weight is 309 g/mol. The van der Waals surface area contributed by atoms with Crippen LogP contribution in [0.25, 0.3) is 5.65 Å². The lowest BCUT2D eigenvalue weighted by Crippen LogP contribution is -2.33. The van der Waals surface area contributed by atoms with Gasteiger partial charge in [-0.15, -0.1) is 0 Å². The van der Waals surface area contributed by atoms with E-state index in [1.165, 1.54) is 5.56 Å². The second-order valence-corrected chi connectivity index (χ2v) is 5.57. The van der Waals surface area contributed by atoms with E-state index in [9.17, 15) is 4.79 Å². The van der Waals surface area contributed by atoms with E-state index in [0.717, 1.165) is 5.56 Å². The predicted molar refractivity (Wildman–Crippen MR) is 88.2 cm³/mol. The molecule has 3 aromatic rings. The van der Waals surface area contributed by atoms with Crippen LogP contribution in [0.4, 0.5) is 0 Å². The van der Waals surface area contributed by atoms with E-state index in [1.54, 1.807) is 23.6 Å². The minimum absolute atomic E-state index is 0.219. The number of aromatic nitrogens is 3. The molecule has 0 bridgehead atoms. The molecule has 1 aromatic carbocycles. The van der Waals surface area contributed by atoms with Crippen LogP contribution in [0.15, 0.2) is 42.5 Å². The van der Waals surface area contributed by atoms with Crippen molar-refractivity contribution in [2.75, 3.05) is 6.54 Å². The molecular weight excluding hydrogens is 290 g/mol. The van der Waals surface area contributed by atoms with Gasteiger partial charge in [-0.3, -0.25) is 4.79 Å². The van der Waals surface area contributed by atoms with E-state index in [4.69, 9.17) is 5.73 Å². The third kappa shape index (κ3) is 3.22. The lowest BCUT2D eigenvalue weighted by molar-refractivity contribution is 0.0943. The summed E-state index contributed by atoms with van der Waals surface area (Å²) in [5.74, 6) is 0.407. The number of carbonyl (C=O) groups is 1. The summed E-state index contributed by atoms with van der Waals surface area (Å²) in [5.41, 5.74) is 9.40. The monoisotopic (exact) mass is 309 g/mol. The van der Waals surface area contributed by atoms with Crippen molar-refractivity contribution in [3.63, 3.8) is 0 Å². The first-order valence-electron chi connectivity index (χ1n) is 7.47. The molecule has 3 rings (SSSR count). The van der Waals surface area contributed by atoms with Gasteiger partial charge in [-0.25, -0.2) is 9.50 Å². The second-order valence-electron chi connectivity index (χ2n) is 5.57. The number of pyridine rings is 1. The highest BCUT2D eigenvalue weighted by molar-refractivity contribution is 5.93. The Labute approximate surface area is 134 Å². The van der Waals surface area contributed by atoms with Crippen LogP contribution in [-0.2, 0) is 0 Å². The molecule has 0 saturated heterocycles. The Morgan fingerprint density at radius 2 is 1.96 bits per heavy atom. The molecule has 0 radical (unpaired) electrons. The van der Waals surface area contributed by atoms with Crippen molar-refractivity contribution >= 4 is 11.6 Å². The highest BCUT2D eigenvalue weighted by Gasteiger charge is 2.14. The highest BCUT2D eigenvalue weighted by Crippen LogP contribution is 2.11. The average Bonchev–Trinajstić information content (AvgIpc) is 2.93. The SMILES string of the molecule is Cc1ccc(C(N)CNC(=O)c2cccc3nc(C)nn23)cc1. The molecule has 0 aliphatic rings. The molecule has 1 unspecified atom stereocenters. The number of hydrogen-bond donors (Lipinski definition) is 2. The lowest BCUT2D eigenvalue weighted by atomic mass is 10.1. The second kappa shape index (κ2) is 6.18. The van der Waals surface area contributed by atoms with E-state index in [1.807, 2.05) is 37.3 Å². The molecule has 0 saturated carbocycles. The molecule has 0 aliphatic heterocycles. The standard InChI is InChI=1S/C17H19N5O/c1-11-6-8-13(9-7-11)14(18)10-19-17(23)15-4-3-5-16-20-12(2)21-22(15)16/h3-9,14H,10,18H2,1-2H3,(H,19,23). The maximum Gasteiger partial charge on any atom is 0.270 e. The zero-order valence-corrected chi connectivity index (χ0v) is 13.2. The summed E-state index contributed by atoms with van der Waals surface area (Å²) >= 11 is 0. The molecule has 2 aromatic heterocycles. The fourth-order valence-corrected chi connectivity index (χ4v) is 2.41. The minimum atomic E-state index is -0.253. The third-order valence-corrected chi connectivity index (χ3v) is 3.69. The molecule has 6 heteroatoms. The number of carbonyl (C=O) groups excluding carboxylic acids is 1. The molecule has 23 heavy (non-hydrogen) atoms. The van der Waals surface area contributed by atoms with Crippen molar-refractivity contribution in [2.24, 2.45) is 5.73 Å². The Hall–Kier alpha value is -2.73. The van der Waals surface area contributed by atoms with Gasteiger partial charge in [0.05, 0.1) is 0 Å². The Bertz CT molecular complexity index is 838. The van der Waals surface area contributed by atoms with Gasteiger partial charge in [0.1, 0.15) is 11.5 Å². The maximum atomic E-state index is 12.4. The summed E-state index contributed by atoms with van der Waals surface area (Å²) in [5, 5.41) is 7.10. The first-order chi connectivity index (χ1) is 11.0. The molecule has 118 valence electrons. The quantitative estimate of drug-likeness (QED) is 0.769. The first-order valence-corrected chi connectivity index (χ1v) is 7.47. The van der Waals surface area contributed by atoms with E-state index in [2.05, 4.69) is 15.4 Å². The molecule has 1 atom stereocenters. The van der Waals surface area contributed by atoms with Crippen molar-refractivity contribution in [1.82, 2.24) is 19.9 Å². The van der Waals surface area contributed by atoms with E-state index in [0.29, 0.717) is 23.7 Å². The Morgan fingerprint density at radius 1 is 1.22 bits per heavy atom. The highest BCUT2D eigenvalue weighted by atomic mass is 16.2. The van der Waals surface area contributed by atoms with E-state index >= 15 is 0 Å². The Morgan fingerprint density at radius 3 is 2.70 bits per heavy atom. The van der Waals surface area contributed by atoms with Crippen molar-refractivity contribution in [2.45, 2.75) is 19.9 Å². The van der Waals surface area contributed by atoms with Gasteiger partial charge in [-0.05, 0) is 31.5 Å². The fourth-order valence-electron chi connectivity index (χ4n) is 2.41. The number of rotatable bonds is 4. The molecule has 2 heterocycles. The number of nitrogens with two attached hydrogens (primary N) is 1. The van der Waals surface area contributed by atoms with Crippen LogP contribution in [0.5, 0.6) is 0 Å². The van der Waals surface area contributed by atoms with Gasteiger partial charge < -0.3 is 11.1 Å². The normalized spacial score (nSPS) is 12.3. The predicted octanol–water partition coefficient (Wildman–Crippen LogP) is 1.78. The van der Waals surface area contributed by atoms with Gasteiger partial charge in [-0.2, -0.15) is 5.10 Å². The topological polar surface area (TPSA) is 85.3 Å². The van der Waals surface area contributed by atoms with Crippen LogP contribution < -0.4 is 11.1 Å². The number of amides is 1. The minimum Gasteiger partial charge on any atom is -0.349 e. The van der Waals surface area contributed by atoms with Crippen LogP contribution in [0.2, 0.25) is 0 Å². The number of benzene rings is 1. The molecule has 0 fully saturated rings. The Kier molecular flexibility index (Phi) is 4.08. The van der Waals surface area contributed by atoms with Crippen LogP contribution in [-0.4, -0.2) is 27.0 Å². The van der Waals surface area contributed by atoms with Crippen LogP contribution in [0.1, 0.15) is 33.5 Å². The number of aryl methyl sites for hydroxylation is 2. The van der Waals surface area contributed by atoms with Gasteiger partial charge in [0, 0.05) is 12.6 Å². The van der Waals surface area contributed by atoms with Gasteiger partial charge in [0.15, 0.2) is 5.65 Å². The van der Waals surface area contributed by atoms with Gasteiger partial charge in [-0.1, -0.05) is 35.9 Å². The van der Waals surface area contributed by atoms with Crippen LogP contribution in [0.3, 0.4) is 0 Å². The maximum absolute atomic E-state index is 12.4. The smallest absolute Gasteiger partial charge is 0.270 e. The summed E-state index contributed by atoms with van der Waals surface area (Å²) in [6.45, 7) is 4.17. The number of fused-ring (bicyclic) bond motifs is 1. The van der Waals surface area contributed by atoms with Gasteiger partial charge in [0.25, 0.3) is 5.91 Å². The molecule has 3 N–H and O–H groups in total. The van der Waals surface area contributed by atoms with Crippen LogP contribution >= 0.6 is 0 Å². The summed E-state index contributed by atoms with van der Waals surface area (Å²) in [4.78, 5) is 16.7. The molecule has 6 nitrogen and oxygen atoms in total. The number of nitrogens with zero attached hydrogens (tertiary/aromatic N) is 3. The van der Waals surface area contributed by atoms with Crippen molar-refractivity contribution in [1.29, 1.82) is 0 Å². The molecule has 0 spiro atoms. The molecular formula is C17H19N5O. The van der Waals surface area contributed by atoms with Crippen molar-refractivity contribution in [3.05, 3.63) is 65.1 Å². The summed E-state index contributed by atoms with van der Waals surface area (Å²) in [6.07, 6.45) is 0. The first kappa shape index (κ1) is 15.2. The molecule has 0 aliphatic carbocycles. The van der Waals surface area contributed by atoms with E-state index < -0.39 is 0 Å². The zero-order chi connectivity index (χ0) is 16.4. The van der Waals surface area contributed by atoms with Gasteiger partial charge in [0.2, 0.25) is 0 Å². The van der Waals surface area contributed by atoms with Gasteiger partial charge >= 0.3 is 0 Å². The lowest BCUT2D eigenvalue weighted by Gasteiger charge is -2.13. The van der Waals surface area contributed by atoms with E-state index in [-0.39, 0.29) is 11.9 Å². The molecule has 1 amide bonds. The fraction of sp³-hybridized carbons (Fsp3) is 0.235. The zero-order valence-electron chi connectivity index (χ0n) is 13.2. The van der Waals surface area contributed by atoms with Crippen molar-refractivity contribution in [3.8, 4) is 0 Å². The third-order valence-electron chi connectivity index (χ3n) is 3.69. The summed E-state index contributed by atoms with van der Waals surface area (Å²) in [6, 6.07) is 13.0. The van der Waals surface area contributed by atoms with Crippen molar-refractivity contribution < 1.29 is 4.79 Å². The number of hydrogen-bond acceptors (Lipinski definition) is 4. The van der Waals surface area contributed by atoms with Crippen LogP contribution in [0, 0.1) is 13.8 Å². The largest absolute Gasteiger partial charge is 0.349 e. The summed E-state index contributed by atoms with van der Waals surface area (Å²) < 4.78 is 1.54.